The first-order valence-electron chi connectivity index (χ1n) is 16.0. The number of aryl methyl sites for hydroxylation is 1. The van der Waals surface area contributed by atoms with E-state index in [1.807, 2.05) is 0 Å². The molecule has 9 nitrogen and oxygen atoms in total. The second-order valence-corrected chi connectivity index (χ2v) is 12.9. The Balaban J connectivity index is 1.61. The molecule has 50 heavy (non-hydrogen) atoms. The van der Waals surface area contributed by atoms with Crippen LogP contribution in [-0.2, 0) is 36.9 Å². The van der Waals surface area contributed by atoms with E-state index in [4.69, 9.17) is 5.73 Å². The number of carbonyl (C=O) groups is 1. The Morgan fingerprint density at radius 3 is 2.04 bits per heavy atom. The fraction of sp³-hybridized carbons (Fsp3) is 0.562. The van der Waals surface area contributed by atoms with Gasteiger partial charge in [-0.15, -0.1) is 5.10 Å². The summed E-state index contributed by atoms with van der Waals surface area (Å²) in [6.45, 7) is 1.10. The Bertz CT molecular complexity index is 1630. The SMILES string of the molecule is CC[C@@H]1C[C@H](N(Cc2cc(C(F)(F)F)cc(C(F)(F)F)c2)c2nnn(C)n2)c2cc(C(F)(F)F)ccc2N1C(=O)C1CCC(CC(N)O)CC1. The molecular formula is C32H36F9N7O2. The van der Waals surface area contributed by atoms with E-state index in [2.05, 4.69) is 15.4 Å². The Labute approximate surface area is 281 Å². The number of carbonyl (C=O) groups excluding carboxylic acids is 1. The van der Waals surface area contributed by atoms with Crippen LogP contribution in [0.15, 0.2) is 36.4 Å². The van der Waals surface area contributed by atoms with E-state index < -0.39 is 71.6 Å². The fourth-order valence-electron chi connectivity index (χ4n) is 7.05. The molecule has 1 fully saturated rings. The van der Waals surface area contributed by atoms with Gasteiger partial charge in [0.15, 0.2) is 0 Å². The first kappa shape index (κ1) is 37.3. The number of hydrogen-bond donors (Lipinski definition) is 2. The molecule has 3 atom stereocenters. The summed E-state index contributed by atoms with van der Waals surface area (Å²) in [4.78, 5) is 17.9. The summed E-state index contributed by atoms with van der Waals surface area (Å²) in [5.74, 6) is -0.914. The van der Waals surface area contributed by atoms with Gasteiger partial charge in [0.1, 0.15) is 6.23 Å². The van der Waals surface area contributed by atoms with Crippen molar-refractivity contribution in [3.63, 3.8) is 0 Å². The molecule has 2 heterocycles. The van der Waals surface area contributed by atoms with Gasteiger partial charge in [-0.25, -0.2) is 0 Å². The second kappa shape index (κ2) is 14.0. The average molecular weight is 722 g/mol. The number of halogens is 9. The van der Waals surface area contributed by atoms with Gasteiger partial charge in [0.25, 0.3) is 5.95 Å². The van der Waals surface area contributed by atoms with E-state index in [1.54, 1.807) is 6.92 Å². The minimum atomic E-state index is -5.14. The summed E-state index contributed by atoms with van der Waals surface area (Å²) in [5.41, 5.74) is 1.03. The van der Waals surface area contributed by atoms with Gasteiger partial charge in [0.2, 0.25) is 5.91 Å². The van der Waals surface area contributed by atoms with Crippen molar-refractivity contribution in [2.24, 2.45) is 24.6 Å². The van der Waals surface area contributed by atoms with Crippen LogP contribution in [0.1, 0.15) is 85.7 Å². The van der Waals surface area contributed by atoms with Gasteiger partial charge in [-0.1, -0.05) is 12.0 Å². The zero-order valence-electron chi connectivity index (χ0n) is 27.0. The third kappa shape index (κ3) is 8.16. The summed E-state index contributed by atoms with van der Waals surface area (Å²) in [5, 5.41) is 21.4. The fourth-order valence-corrected chi connectivity index (χ4v) is 7.05. The summed E-state index contributed by atoms with van der Waals surface area (Å²) in [7, 11) is 1.37. The molecule has 1 aliphatic heterocycles. The highest BCUT2D eigenvalue weighted by Crippen LogP contribution is 2.47. The smallest absolute Gasteiger partial charge is 0.379 e. The van der Waals surface area contributed by atoms with Crippen LogP contribution in [0.25, 0.3) is 0 Å². The topological polar surface area (TPSA) is 113 Å². The van der Waals surface area contributed by atoms with Crippen molar-refractivity contribution >= 4 is 17.5 Å². The third-order valence-electron chi connectivity index (χ3n) is 9.44. The molecule has 5 rings (SSSR count). The number of hydrogen-bond acceptors (Lipinski definition) is 7. The lowest BCUT2D eigenvalue weighted by Crippen LogP contribution is -2.50. The molecule has 1 aliphatic carbocycles. The molecule has 1 unspecified atom stereocenters. The van der Waals surface area contributed by atoms with Crippen molar-refractivity contribution in [2.45, 2.75) is 95.3 Å². The average Bonchev–Trinajstić information content (AvgIpc) is 3.46. The molecule has 0 radical (unpaired) electrons. The third-order valence-corrected chi connectivity index (χ3v) is 9.44. The molecule has 3 aromatic rings. The van der Waals surface area contributed by atoms with E-state index in [0.717, 1.165) is 16.9 Å². The molecule has 0 bridgehead atoms. The quantitative estimate of drug-likeness (QED) is 0.190. The number of amides is 1. The lowest BCUT2D eigenvalue weighted by Gasteiger charge is -2.46. The normalized spacial score (nSPS) is 22.3. The molecule has 274 valence electrons. The van der Waals surface area contributed by atoms with Gasteiger partial charge >= 0.3 is 18.5 Å². The summed E-state index contributed by atoms with van der Waals surface area (Å²) >= 11 is 0. The van der Waals surface area contributed by atoms with E-state index in [9.17, 15) is 49.4 Å². The minimum absolute atomic E-state index is 0.0117. The molecule has 18 heteroatoms. The van der Waals surface area contributed by atoms with E-state index in [0.29, 0.717) is 50.7 Å². The second-order valence-electron chi connectivity index (χ2n) is 12.9. The van der Waals surface area contributed by atoms with Crippen LogP contribution in [0.4, 0.5) is 51.1 Å². The van der Waals surface area contributed by atoms with Crippen molar-refractivity contribution in [3.8, 4) is 0 Å². The monoisotopic (exact) mass is 721 g/mol. The maximum Gasteiger partial charge on any atom is 0.416 e. The molecule has 0 spiro atoms. The van der Waals surface area contributed by atoms with Crippen molar-refractivity contribution in [3.05, 3.63) is 64.2 Å². The number of alkyl halides is 9. The highest BCUT2D eigenvalue weighted by atomic mass is 19.4. The number of aromatic nitrogens is 4. The van der Waals surface area contributed by atoms with E-state index >= 15 is 0 Å². The Morgan fingerprint density at radius 2 is 1.54 bits per heavy atom. The number of aliphatic hydroxyl groups is 1. The lowest BCUT2D eigenvalue weighted by atomic mass is 9.78. The highest BCUT2D eigenvalue weighted by molar-refractivity contribution is 5.97. The summed E-state index contributed by atoms with van der Waals surface area (Å²) in [6, 6.07) is 2.19. The maximum atomic E-state index is 14.2. The van der Waals surface area contributed by atoms with Crippen molar-refractivity contribution in [1.82, 2.24) is 20.2 Å². The number of nitrogens with two attached hydrogens (primary N) is 1. The molecule has 3 N–H and O–H groups in total. The van der Waals surface area contributed by atoms with Crippen LogP contribution in [0.5, 0.6) is 0 Å². The Morgan fingerprint density at radius 1 is 0.940 bits per heavy atom. The van der Waals surface area contributed by atoms with Gasteiger partial charge < -0.3 is 20.6 Å². The first-order chi connectivity index (χ1) is 23.3. The van der Waals surface area contributed by atoms with Gasteiger partial charge in [-0.2, -0.15) is 44.3 Å². The van der Waals surface area contributed by atoms with E-state index in [1.165, 1.54) is 22.9 Å². The number of rotatable bonds is 8. The van der Waals surface area contributed by atoms with Crippen LogP contribution in [0.3, 0.4) is 0 Å². The first-order valence-corrected chi connectivity index (χ1v) is 16.0. The number of fused-ring (bicyclic) bond motifs is 1. The van der Waals surface area contributed by atoms with Crippen LogP contribution in [0, 0.1) is 11.8 Å². The lowest BCUT2D eigenvalue weighted by molar-refractivity contribution is -0.143. The van der Waals surface area contributed by atoms with Crippen molar-refractivity contribution in [1.29, 1.82) is 0 Å². The zero-order valence-corrected chi connectivity index (χ0v) is 27.0. The molecule has 1 amide bonds. The Hall–Kier alpha value is -3.93. The largest absolute Gasteiger partial charge is 0.416 e. The maximum absolute atomic E-state index is 14.2. The molecule has 1 saturated carbocycles. The van der Waals surface area contributed by atoms with Crippen LogP contribution in [0.2, 0.25) is 0 Å². The van der Waals surface area contributed by atoms with Gasteiger partial charge in [0, 0.05) is 24.2 Å². The summed E-state index contributed by atoms with van der Waals surface area (Å²) in [6.07, 6.45) is -13.3. The molecule has 1 aromatic heterocycles. The van der Waals surface area contributed by atoms with Crippen molar-refractivity contribution < 1.29 is 49.4 Å². The van der Waals surface area contributed by atoms with E-state index in [-0.39, 0.29) is 41.5 Å². The minimum Gasteiger partial charge on any atom is -0.379 e. The number of tetrazole rings is 1. The van der Waals surface area contributed by atoms with Crippen LogP contribution < -0.4 is 15.5 Å². The molecule has 0 saturated heterocycles. The van der Waals surface area contributed by atoms with Crippen molar-refractivity contribution in [2.75, 3.05) is 9.80 Å². The zero-order chi connectivity index (χ0) is 36.8. The molecular weight excluding hydrogens is 685 g/mol. The van der Waals surface area contributed by atoms with Gasteiger partial charge in [0.05, 0.1) is 29.8 Å². The number of benzene rings is 2. The molecule has 2 aromatic carbocycles. The molecule has 2 aliphatic rings. The number of anilines is 2. The predicted octanol–water partition coefficient (Wildman–Crippen LogP) is 7.00. The predicted molar refractivity (Wildman–Crippen MR) is 162 cm³/mol. The summed E-state index contributed by atoms with van der Waals surface area (Å²) < 4.78 is 125. The van der Waals surface area contributed by atoms with Crippen LogP contribution >= 0.6 is 0 Å². The van der Waals surface area contributed by atoms with Gasteiger partial charge in [-0.3, -0.25) is 4.79 Å². The highest BCUT2D eigenvalue weighted by Gasteiger charge is 2.44. The van der Waals surface area contributed by atoms with Crippen LogP contribution in [-0.4, -0.2) is 43.5 Å². The number of nitrogens with zero attached hydrogens (tertiary/aromatic N) is 6. The van der Waals surface area contributed by atoms with Gasteiger partial charge in [-0.05, 0) is 104 Å². The Kier molecular flexibility index (Phi) is 10.5. The number of aliphatic hydroxyl groups excluding tert-OH is 1. The standard InChI is InChI=1S/C32H36F9N7O2/c1-3-23-15-26(47(29-43-45-46(2)44-29)16-18-10-21(31(36,37)38)13-22(11-18)32(39,40)41)24-14-20(30(33,34)35)8-9-25(24)48(23)28(50)19-6-4-17(5-7-19)12-27(42)49/h8-11,13-14,17,19,23,26-27,49H,3-7,12,15-16,42H2,1-2H3/t17?,19?,23-,26+,27?/m1/s1.